The standard InChI is InChI=1S/C21H26N4OS/c1-14-17-11-18(27-20(17)24(4)23-14)19(26)22-13-21(2,3)25-10-9-15-7-5-6-8-16(15)12-25/h5-8,11H,9-10,12-13H2,1-4H3,(H,22,26). The third-order valence-electron chi connectivity index (χ3n) is 5.59. The third kappa shape index (κ3) is 3.39. The van der Waals surface area contributed by atoms with Crippen molar-refractivity contribution >= 4 is 27.5 Å². The summed E-state index contributed by atoms with van der Waals surface area (Å²) in [6.45, 7) is 8.98. The first-order valence-corrected chi connectivity index (χ1v) is 10.2. The molecule has 5 nitrogen and oxygen atoms in total. The van der Waals surface area contributed by atoms with Gasteiger partial charge in [-0.3, -0.25) is 14.4 Å². The van der Waals surface area contributed by atoms with E-state index in [4.69, 9.17) is 0 Å². The van der Waals surface area contributed by atoms with E-state index in [9.17, 15) is 4.79 Å². The van der Waals surface area contributed by atoms with E-state index in [1.165, 1.54) is 22.5 Å². The Balaban J connectivity index is 1.43. The normalized spacial score (nSPS) is 15.1. The summed E-state index contributed by atoms with van der Waals surface area (Å²) < 4.78 is 1.85. The van der Waals surface area contributed by atoms with Crippen LogP contribution in [0, 0.1) is 6.92 Å². The van der Waals surface area contributed by atoms with Gasteiger partial charge in [-0.1, -0.05) is 24.3 Å². The highest BCUT2D eigenvalue weighted by molar-refractivity contribution is 7.20. The van der Waals surface area contributed by atoms with Gasteiger partial charge in [0.15, 0.2) is 0 Å². The molecule has 1 aliphatic rings. The molecule has 0 atom stereocenters. The number of carbonyl (C=O) groups is 1. The zero-order valence-electron chi connectivity index (χ0n) is 16.4. The SMILES string of the molecule is Cc1nn(C)c2sc(C(=O)NCC(C)(C)N3CCc4ccccc4C3)cc12. The lowest BCUT2D eigenvalue weighted by molar-refractivity contribution is 0.0829. The van der Waals surface area contributed by atoms with Crippen molar-refractivity contribution in [2.24, 2.45) is 7.05 Å². The molecule has 0 aliphatic carbocycles. The minimum absolute atomic E-state index is 0.00100. The van der Waals surface area contributed by atoms with Gasteiger partial charge in [-0.25, -0.2) is 0 Å². The van der Waals surface area contributed by atoms with Gasteiger partial charge in [0.2, 0.25) is 0 Å². The number of aryl methyl sites for hydroxylation is 2. The molecule has 1 amide bonds. The summed E-state index contributed by atoms with van der Waals surface area (Å²) >= 11 is 1.50. The second-order valence-corrected chi connectivity index (χ2v) is 9.00. The fourth-order valence-electron chi connectivity index (χ4n) is 3.83. The number of benzene rings is 1. The van der Waals surface area contributed by atoms with Crippen LogP contribution in [0.4, 0.5) is 0 Å². The van der Waals surface area contributed by atoms with Crippen molar-refractivity contribution in [1.82, 2.24) is 20.0 Å². The van der Waals surface area contributed by atoms with Gasteiger partial charge in [0.05, 0.1) is 10.6 Å². The lowest BCUT2D eigenvalue weighted by Crippen LogP contribution is -2.53. The molecule has 6 heteroatoms. The van der Waals surface area contributed by atoms with Crippen LogP contribution in [-0.2, 0) is 20.0 Å². The van der Waals surface area contributed by atoms with E-state index in [1.807, 2.05) is 24.7 Å². The molecule has 142 valence electrons. The average molecular weight is 383 g/mol. The van der Waals surface area contributed by atoms with Gasteiger partial charge in [0.25, 0.3) is 5.91 Å². The van der Waals surface area contributed by atoms with Gasteiger partial charge in [-0.15, -0.1) is 11.3 Å². The predicted molar refractivity (Wildman–Crippen MR) is 110 cm³/mol. The monoisotopic (exact) mass is 382 g/mol. The number of fused-ring (bicyclic) bond motifs is 2. The van der Waals surface area contributed by atoms with E-state index in [2.05, 4.69) is 53.4 Å². The maximum absolute atomic E-state index is 12.7. The summed E-state index contributed by atoms with van der Waals surface area (Å²) in [7, 11) is 1.92. The summed E-state index contributed by atoms with van der Waals surface area (Å²) in [6.07, 6.45) is 1.07. The molecule has 3 aromatic rings. The largest absolute Gasteiger partial charge is 0.349 e. The average Bonchev–Trinajstić information content (AvgIpc) is 3.21. The molecule has 2 aromatic heterocycles. The Morgan fingerprint density at radius 2 is 2.04 bits per heavy atom. The molecular formula is C21H26N4OS. The lowest BCUT2D eigenvalue weighted by atomic mass is 9.94. The van der Waals surface area contributed by atoms with Crippen molar-refractivity contribution in [1.29, 1.82) is 0 Å². The van der Waals surface area contributed by atoms with Gasteiger partial charge in [-0.05, 0) is 44.4 Å². The van der Waals surface area contributed by atoms with Gasteiger partial charge in [-0.2, -0.15) is 5.10 Å². The molecule has 3 heterocycles. The highest BCUT2D eigenvalue weighted by Crippen LogP contribution is 2.28. The Hall–Kier alpha value is -2.18. The van der Waals surface area contributed by atoms with Crippen LogP contribution in [0.1, 0.15) is 40.3 Å². The van der Waals surface area contributed by atoms with Crippen molar-refractivity contribution in [3.05, 3.63) is 52.0 Å². The Morgan fingerprint density at radius 1 is 1.30 bits per heavy atom. The molecular weight excluding hydrogens is 356 g/mol. The van der Waals surface area contributed by atoms with Crippen molar-refractivity contribution in [3.63, 3.8) is 0 Å². The maximum Gasteiger partial charge on any atom is 0.261 e. The fraction of sp³-hybridized carbons (Fsp3) is 0.429. The number of nitrogens with one attached hydrogen (secondary N) is 1. The summed E-state index contributed by atoms with van der Waals surface area (Å²) in [4.78, 5) is 17.0. The van der Waals surface area contributed by atoms with Gasteiger partial charge in [0, 0.05) is 37.6 Å². The fourth-order valence-corrected chi connectivity index (χ4v) is 4.86. The van der Waals surface area contributed by atoms with E-state index in [0.717, 1.165) is 40.3 Å². The van der Waals surface area contributed by atoms with Crippen LogP contribution in [0.25, 0.3) is 10.2 Å². The summed E-state index contributed by atoms with van der Waals surface area (Å²) in [5, 5.41) is 8.62. The second kappa shape index (κ2) is 6.77. The van der Waals surface area contributed by atoms with Gasteiger partial charge >= 0.3 is 0 Å². The zero-order chi connectivity index (χ0) is 19.2. The Morgan fingerprint density at radius 3 is 2.78 bits per heavy atom. The van der Waals surface area contributed by atoms with E-state index in [0.29, 0.717) is 6.54 Å². The number of aromatic nitrogens is 2. The van der Waals surface area contributed by atoms with E-state index in [-0.39, 0.29) is 11.4 Å². The van der Waals surface area contributed by atoms with Crippen molar-refractivity contribution < 1.29 is 4.79 Å². The molecule has 0 saturated heterocycles. The van der Waals surface area contributed by atoms with Crippen LogP contribution >= 0.6 is 11.3 Å². The smallest absolute Gasteiger partial charge is 0.261 e. The Bertz CT molecular complexity index is 966. The summed E-state index contributed by atoms with van der Waals surface area (Å²) in [5.74, 6) is 0.00100. The molecule has 0 unspecified atom stereocenters. The first-order valence-electron chi connectivity index (χ1n) is 9.38. The number of hydrogen-bond acceptors (Lipinski definition) is 4. The molecule has 4 rings (SSSR count). The van der Waals surface area contributed by atoms with E-state index < -0.39 is 0 Å². The van der Waals surface area contributed by atoms with Crippen LogP contribution in [0.5, 0.6) is 0 Å². The molecule has 0 spiro atoms. The molecule has 0 fully saturated rings. The Kier molecular flexibility index (Phi) is 4.56. The molecule has 1 N–H and O–H groups in total. The van der Waals surface area contributed by atoms with Crippen molar-refractivity contribution in [3.8, 4) is 0 Å². The van der Waals surface area contributed by atoms with Crippen LogP contribution in [-0.4, -0.2) is 39.2 Å². The number of carbonyl (C=O) groups excluding carboxylic acids is 1. The van der Waals surface area contributed by atoms with E-state index >= 15 is 0 Å². The molecule has 1 aromatic carbocycles. The minimum Gasteiger partial charge on any atom is -0.349 e. The molecule has 0 bridgehead atoms. The third-order valence-corrected chi connectivity index (χ3v) is 6.79. The molecule has 1 aliphatic heterocycles. The van der Waals surface area contributed by atoms with Crippen molar-refractivity contribution in [2.45, 2.75) is 39.3 Å². The predicted octanol–water partition coefficient (Wildman–Crippen LogP) is 3.51. The highest BCUT2D eigenvalue weighted by atomic mass is 32.1. The summed E-state index contributed by atoms with van der Waals surface area (Å²) in [6, 6.07) is 10.6. The van der Waals surface area contributed by atoms with Gasteiger partial charge < -0.3 is 5.32 Å². The zero-order valence-corrected chi connectivity index (χ0v) is 17.2. The topological polar surface area (TPSA) is 50.2 Å². The molecule has 27 heavy (non-hydrogen) atoms. The van der Waals surface area contributed by atoms with Crippen LogP contribution in [0.3, 0.4) is 0 Å². The Labute approximate surface area is 164 Å². The number of hydrogen-bond donors (Lipinski definition) is 1. The van der Waals surface area contributed by atoms with E-state index in [1.54, 1.807) is 0 Å². The number of nitrogens with zero attached hydrogens (tertiary/aromatic N) is 3. The summed E-state index contributed by atoms with van der Waals surface area (Å²) in [5.41, 5.74) is 3.71. The minimum atomic E-state index is -0.0999. The van der Waals surface area contributed by atoms with Crippen LogP contribution in [0.2, 0.25) is 0 Å². The first-order chi connectivity index (χ1) is 12.8. The number of amides is 1. The molecule has 0 radical (unpaired) electrons. The molecule has 0 saturated carbocycles. The van der Waals surface area contributed by atoms with Crippen molar-refractivity contribution in [2.75, 3.05) is 13.1 Å². The first kappa shape index (κ1) is 18.2. The quantitative estimate of drug-likeness (QED) is 0.751. The van der Waals surface area contributed by atoms with Crippen LogP contribution in [0.15, 0.2) is 30.3 Å². The van der Waals surface area contributed by atoms with Gasteiger partial charge in [0.1, 0.15) is 4.83 Å². The lowest BCUT2D eigenvalue weighted by Gasteiger charge is -2.41. The second-order valence-electron chi connectivity index (χ2n) is 7.97. The maximum atomic E-state index is 12.7. The van der Waals surface area contributed by atoms with Crippen LogP contribution < -0.4 is 5.32 Å². The highest BCUT2D eigenvalue weighted by Gasteiger charge is 2.30. The number of rotatable bonds is 4. The number of thiophene rings is 1.